The number of hydrogen-bond acceptors (Lipinski definition) is 6. The van der Waals surface area contributed by atoms with Gasteiger partial charge in [0.1, 0.15) is 5.70 Å². The van der Waals surface area contributed by atoms with E-state index >= 15 is 0 Å². The van der Waals surface area contributed by atoms with E-state index in [4.69, 9.17) is 17.2 Å². The molecule has 0 saturated heterocycles. The van der Waals surface area contributed by atoms with Gasteiger partial charge in [0.2, 0.25) is 0 Å². The van der Waals surface area contributed by atoms with Crippen LogP contribution in [0.25, 0.3) is 0 Å². The van der Waals surface area contributed by atoms with Crippen LogP contribution in [0.3, 0.4) is 0 Å². The molecule has 0 aromatic rings. The first-order chi connectivity index (χ1) is 5.27. The molecule has 7 heteroatoms. The standard InChI is InChI=1S/C5H10N4O3/c1-2(6)3(10)12-5(8,9)4(7)11/h1,6,8-9H2,(H2,7,11). The lowest BCUT2D eigenvalue weighted by Crippen LogP contribution is -2.62. The highest BCUT2D eigenvalue weighted by molar-refractivity contribution is 5.91. The second-order valence-corrected chi connectivity index (χ2v) is 2.07. The Bertz CT molecular complexity index is 235. The van der Waals surface area contributed by atoms with Crippen LogP contribution in [-0.4, -0.2) is 17.7 Å². The Morgan fingerprint density at radius 3 is 1.92 bits per heavy atom. The van der Waals surface area contributed by atoms with E-state index in [1.165, 1.54) is 0 Å². The van der Waals surface area contributed by atoms with E-state index in [0.717, 1.165) is 0 Å². The van der Waals surface area contributed by atoms with E-state index in [-0.39, 0.29) is 0 Å². The van der Waals surface area contributed by atoms with Crippen LogP contribution in [0.4, 0.5) is 0 Å². The molecule has 0 rings (SSSR count). The first-order valence-corrected chi connectivity index (χ1v) is 2.82. The normalized spacial score (nSPS) is 10.5. The molecule has 0 spiro atoms. The van der Waals surface area contributed by atoms with Gasteiger partial charge in [0, 0.05) is 0 Å². The molecule has 0 bridgehead atoms. The highest BCUT2D eigenvalue weighted by Gasteiger charge is 2.31. The molecule has 0 saturated carbocycles. The number of hydrogen-bond donors (Lipinski definition) is 4. The maximum absolute atomic E-state index is 10.6. The Morgan fingerprint density at radius 2 is 1.67 bits per heavy atom. The van der Waals surface area contributed by atoms with Crippen molar-refractivity contribution in [2.24, 2.45) is 22.9 Å². The van der Waals surface area contributed by atoms with Crippen LogP contribution in [-0.2, 0) is 14.3 Å². The van der Waals surface area contributed by atoms with Crippen LogP contribution >= 0.6 is 0 Å². The van der Waals surface area contributed by atoms with Gasteiger partial charge in [-0.1, -0.05) is 6.58 Å². The third-order valence-electron chi connectivity index (χ3n) is 0.909. The summed E-state index contributed by atoms with van der Waals surface area (Å²) < 4.78 is 4.18. The summed E-state index contributed by atoms with van der Waals surface area (Å²) in [5, 5.41) is 0. The largest absolute Gasteiger partial charge is 0.416 e. The van der Waals surface area contributed by atoms with Gasteiger partial charge in [-0.25, -0.2) is 4.79 Å². The van der Waals surface area contributed by atoms with Crippen molar-refractivity contribution in [1.82, 2.24) is 0 Å². The summed E-state index contributed by atoms with van der Waals surface area (Å²) in [7, 11) is 0. The van der Waals surface area contributed by atoms with Crippen LogP contribution in [0, 0.1) is 0 Å². The molecule has 0 aliphatic carbocycles. The number of esters is 1. The number of primary amides is 1. The zero-order valence-corrected chi connectivity index (χ0v) is 6.24. The third kappa shape index (κ3) is 2.56. The van der Waals surface area contributed by atoms with Crippen LogP contribution in [0.15, 0.2) is 12.3 Å². The minimum Gasteiger partial charge on any atom is -0.416 e. The lowest BCUT2D eigenvalue weighted by Gasteiger charge is -2.19. The van der Waals surface area contributed by atoms with Gasteiger partial charge >= 0.3 is 5.97 Å². The summed E-state index contributed by atoms with van der Waals surface area (Å²) in [4.78, 5) is 21.1. The average Bonchev–Trinajstić information content (AvgIpc) is 1.85. The minimum absolute atomic E-state index is 0.420. The molecular formula is C5H10N4O3. The first-order valence-electron chi connectivity index (χ1n) is 2.82. The Hall–Kier alpha value is -1.60. The summed E-state index contributed by atoms with van der Waals surface area (Å²) in [6.07, 6.45) is 0. The molecule has 68 valence electrons. The summed E-state index contributed by atoms with van der Waals surface area (Å²) >= 11 is 0. The van der Waals surface area contributed by atoms with E-state index in [1.54, 1.807) is 0 Å². The van der Waals surface area contributed by atoms with Crippen molar-refractivity contribution in [2.45, 2.75) is 5.85 Å². The van der Waals surface area contributed by atoms with Crippen molar-refractivity contribution in [2.75, 3.05) is 0 Å². The topological polar surface area (TPSA) is 147 Å². The smallest absolute Gasteiger partial charge is 0.356 e. The monoisotopic (exact) mass is 174 g/mol. The number of carbonyl (C=O) groups excluding carboxylic acids is 2. The molecule has 0 aromatic carbocycles. The van der Waals surface area contributed by atoms with Gasteiger partial charge in [-0.2, -0.15) is 0 Å². The second-order valence-electron chi connectivity index (χ2n) is 2.07. The second kappa shape index (κ2) is 3.20. The summed E-state index contributed by atoms with van der Waals surface area (Å²) in [5.74, 6) is -4.62. The maximum Gasteiger partial charge on any atom is 0.356 e. The molecule has 0 radical (unpaired) electrons. The fourth-order valence-corrected chi connectivity index (χ4v) is 0.269. The van der Waals surface area contributed by atoms with Gasteiger partial charge in [0.15, 0.2) is 0 Å². The molecule has 0 atom stereocenters. The summed E-state index contributed by atoms with van der Waals surface area (Å²) in [5.41, 5.74) is 19.1. The van der Waals surface area contributed by atoms with Gasteiger partial charge in [0.25, 0.3) is 11.8 Å². The average molecular weight is 174 g/mol. The van der Waals surface area contributed by atoms with Crippen molar-refractivity contribution >= 4 is 11.9 Å². The predicted molar refractivity (Wildman–Crippen MR) is 39.7 cm³/mol. The third-order valence-corrected chi connectivity index (χ3v) is 0.909. The van der Waals surface area contributed by atoms with Gasteiger partial charge in [-0.05, 0) is 0 Å². The van der Waals surface area contributed by atoms with Crippen molar-refractivity contribution < 1.29 is 14.3 Å². The van der Waals surface area contributed by atoms with E-state index in [2.05, 4.69) is 17.0 Å². The fraction of sp³-hybridized carbons (Fsp3) is 0.200. The molecule has 7 nitrogen and oxygen atoms in total. The Morgan fingerprint density at radius 1 is 1.25 bits per heavy atom. The predicted octanol–water partition coefficient (Wildman–Crippen LogP) is -2.94. The Kier molecular flexibility index (Phi) is 2.77. The van der Waals surface area contributed by atoms with Crippen LogP contribution in [0.2, 0.25) is 0 Å². The molecule has 0 unspecified atom stereocenters. The molecule has 0 fully saturated rings. The fourth-order valence-electron chi connectivity index (χ4n) is 0.269. The van der Waals surface area contributed by atoms with Crippen LogP contribution in [0.1, 0.15) is 0 Å². The van der Waals surface area contributed by atoms with E-state index < -0.39 is 23.4 Å². The first kappa shape index (κ1) is 10.4. The quantitative estimate of drug-likeness (QED) is 0.204. The number of ether oxygens (including phenoxy) is 1. The van der Waals surface area contributed by atoms with Crippen molar-refractivity contribution in [1.29, 1.82) is 0 Å². The maximum atomic E-state index is 10.6. The number of rotatable bonds is 3. The molecule has 0 heterocycles. The van der Waals surface area contributed by atoms with Crippen molar-refractivity contribution in [3.05, 3.63) is 12.3 Å². The molecule has 12 heavy (non-hydrogen) atoms. The lowest BCUT2D eigenvalue weighted by molar-refractivity contribution is -0.162. The Labute approximate surface area is 68.3 Å². The molecule has 8 N–H and O–H groups in total. The molecular weight excluding hydrogens is 164 g/mol. The summed E-state index contributed by atoms with van der Waals surface area (Å²) in [6, 6.07) is 0. The molecule has 0 aliphatic heterocycles. The Balaban J connectivity index is 4.35. The van der Waals surface area contributed by atoms with Crippen molar-refractivity contribution in [3.8, 4) is 0 Å². The number of nitrogens with two attached hydrogens (primary N) is 4. The van der Waals surface area contributed by atoms with Crippen LogP contribution in [0.5, 0.6) is 0 Å². The summed E-state index contributed by atoms with van der Waals surface area (Å²) in [6.45, 7) is 3.04. The number of amides is 1. The highest BCUT2D eigenvalue weighted by atomic mass is 16.6. The minimum atomic E-state index is -2.35. The zero-order chi connectivity index (χ0) is 9.94. The number of carbonyl (C=O) groups is 2. The molecule has 0 aliphatic rings. The SMILES string of the molecule is C=C(N)C(=O)OC(N)(N)C(N)=O. The molecule has 0 aromatic heterocycles. The van der Waals surface area contributed by atoms with Gasteiger partial charge in [0.05, 0.1) is 0 Å². The van der Waals surface area contributed by atoms with Gasteiger partial charge < -0.3 is 16.2 Å². The van der Waals surface area contributed by atoms with Gasteiger partial charge in [-0.3, -0.25) is 16.3 Å². The van der Waals surface area contributed by atoms with E-state index in [1.807, 2.05) is 0 Å². The van der Waals surface area contributed by atoms with Crippen LogP contribution < -0.4 is 22.9 Å². The van der Waals surface area contributed by atoms with Gasteiger partial charge in [-0.15, -0.1) is 0 Å². The zero-order valence-electron chi connectivity index (χ0n) is 6.24. The molecule has 1 amide bonds. The lowest BCUT2D eigenvalue weighted by atomic mass is 10.4. The highest BCUT2D eigenvalue weighted by Crippen LogP contribution is 1.96. The van der Waals surface area contributed by atoms with E-state index in [0.29, 0.717) is 0 Å². The van der Waals surface area contributed by atoms with E-state index in [9.17, 15) is 9.59 Å². The van der Waals surface area contributed by atoms with Crippen molar-refractivity contribution in [3.63, 3.8) is 0 Å².